The quantitative estimate of drug-likeness (QED) is 0.408. The van der Waals surface area contributed by atoms with Crippen molar-refractivity contribution in [2.24, 2.45) is 0 Å². The summed E-state index contributed by atoms with van der Waals surface area (Å²) in [6.45, 7) is 2.30. The number of carboxylic acid groups (broad SMARTS) is 1. The number of hydrogen-bond donors (Lipinski definition) is 1. The van der Waals surface area contributed by atoms with Crippen LogP contribution in [0.2, 0.25) is 0 Å². The van der Waals surface area contributed by atoms with Gasteiger partial charge >= 0.3 is 6.16 Å². The van der Waals surface area contributed by atoms with Crippen molar-refractivity contribution in [3.8, 4) is 0 Å². The van der Waals surface area contributed by atoms with Crippen LogP contribution < -0.4 is 0 Å². The number of carbonyl (C=O) groups is 1. The topological polar surface area (TPSA) is 46.5 Å². The molecule has 0 bridgehead atoms. The molecule has 0 aliphatic heterocycles. The van der Waals surface area contributed by atoms with E-state index < -0.39 is 6.16 Å². The van der Waals surface area contributed by atoms with Crippen LogP contribution in [0.5, 0.6) is 0 Å². The monoisotopic (exact) mass is 181 g/mol. The fourth-order valence-corrected chi connectivity index (χ4v) is 0.304. The number of hydrogen-bond acceptors (Lipinski definition) is 2. The Morgan fingerprint density at radius 3 is 2.56 bits per heavy atom. The average molecular weight is 182 g/mol. The molecule has 1 N–H and O–H groups in total. The van der Waals surface area contributed by atoms with Crippen LogP contribution in [0.1, 0.15) is 19.8 Å². The summed E-state index contributed by atoms with van der Waals surface area (Å²) in [7, 11) is 0. The molecule has 3 nitrogen and oxygen atoms in total. The molecule has 0 unspecified atom stereocenters. The van der Waals surface area contributed by atoms with Gasteiger partial charge in [-0.15, -0.1) is 0 Å². The summed E-state index contributed by atoms with van der Waals surface area (Å²) in [6, 6.07) is 0. The van der Waals surface area contributed by atoms with Gasteiger partial charge in [0.15, 0.2) is 0 Å². The summed E-state index contributed by atoms with van der Waals surface area (Å²) >= 11 is 0. The zero-order valence-electron chi connectivity index (χ0n) is 5.19. The third kappa shape index (κ3) is 11.4. The summed E-state index contributed by atoms with van der Waals surface area (Å²) in [4.78, 5) is 9.65. The number of ether oxygens (including phenoxy) is 1. The average Bonchev–Trinajstić information content (AvgIpc) is 1.66. The molecular weight excluding hydrogens is 172 g/mol. The fraction of sp³-hybridized carbons (Fsp3) is 0.800. The third-order valence-electron chi connectivity index (χ3n) is 0.723. The molecule has 0 aliphatic carbocycles. The van der Waals surface area contributed by atoms with Crippen molar-refractivity contribution in [2.45, 2.75) is 19.8 Å². The minimum absolute atomic E-state index is 0. The Balaban J connectivity index is 0. The zero-order valence-corrected chi connectivity index (χ0v) is 6.13. The molecule has 0 aliphatic rings. The van der Waals surface area contributed by atoms with Crippen LogP contribution in [0.15, 0.2) is 0 Å². The van der Waals surface area contributed by atoms with Crippen molar-refractivity contribution in [1.29, 1.82) is 0 Å². The second-order valence-electron chi connectivity index (χ2n) is 1.47. The normalized spacial score (nSPS) is 7.67. The molecule has 0 aromatic rings. The Kier molecular flexibility index (Phi) is 10.0. The molecule has 9 heavy (non-hydrogen) atoms. The van der Waals surface area contributed by atoms with E-state index in [4.69, 9.17) is 5.11 Å². The summed E-state index contributed by atoms with van der Waals surface area (Å²) < 4.78 is 4.20. The molecule has 59 valence electrons. The Bertz CT molecular complexity index is 74.6. The maximum atomic E-state index is 9.65. The van der Waals surface area contributed by atoms with E-state index in [0.717, 1.165) is 12.8 Å². The second-order valence-corrected chi connectivity index (χ2v) is 1.47. The molecule has 0 amide bonds. The van der Waals surface area contributed by atoms with Gasteiger partial charge in [-0.1, -0.05) is 13.3 Å². The van der Waals surface area contributed by atoms with E-state index in [9.17, 15) is 4.79 Å². The SMILES string of the molecule is CCCCOC(=O)O.[Cu]. The Morgan fingerprint density at radius 1 is 1.67 bits per heavy atom. The molecular formula is C5H10CuO3. The van der Waals surface area contributed by atoms with Gasteiger partial charge in [0, 0.05) is 17.1 Å². The van der Waals surface area contributed by atoms with E-state index in [-0.39, 0.29) is 17.1 Å². The van der Waals surface area contributed by atoms with Gasteiger partial charge in [-0.25, -0.2) is 4.79 Å². The van der Waals surface area contributed by atoms with Crippen molar-refractivity contribution in [3.63, 3.8) is 0 Å². The van der Waals surface area contributed by atoms with Gasteiger partial charge in [0.05, 0.1) is 6.61 Å². The van der Waals surface area contributed by atoms with Crippen LogP contribution in [0.3, 0.4) is 0 Å². The first-order valence-electron chi connectivity index (χ1n) is 2.63. The van der Waals surface area contributed by atoms with E-state index in [1.54, 1.807) is 0 Å². The van der Waals surface area contributed by atoms with Crippen LogP contribution in [0, 0.1) is 0 Å². The van der Waals surface area contributed by atoms with Gasteiger partial charge in [0.2, 0.25) is 0 Å². The van der Waals surface area contributed by atoms with Crippen LogP contribution >= 0.6 is 0 Å². The van der Waals surface area contributed by atoms with Gasteiger partial charge in [-0.3, -0.25) is 0 Å². The van der Waals surface area contributed by atoms with Crippen LogP contribution in [-0.4, -0.2) is 17.9 Å². The van der Waals surface area contributed by atoms with Crippen LogP contribution in [0.4, 0.5) is 4.79 Å². The molecule has 0 heterocycles. The van der Waals surface area contributed by atoms with Crippen molar-refractivity contribution >= 4 is 6.16 Å². The number of unbranched alkanes of at least 4 members (excludes halogenated alkanes) is 1. The summed E-state index contributed by atoms with van der Waals surface area (Å²) in [5, 5.41) is 7.92. The van der Waals surface area contributed by atoms with Crippen LogP contribution in [-0.2, 0) is 21.8 Å². The summed E-state index contributed by atoms with van der Waals surface area (Å²) in [5.41, 5.74) is 0. The predicted octanol–water partition coefficient (Wildman–Crippen LogP) is 1.48. The Labute approximate surface area is 64.9 Å². The molecule has 0 saturated heterocycles. The Hall–Kier alpha value is -0.211. The summed E-state index contributed by atoms with van der Waals surface area (Å²) in [6.07, 6.45) is 0.595. The minimum Gasteiger partial charge on any atom is -0.450 e. The minimum atomic E-state index is -1.18. The van der Waals surface area contributed by atoms with Gasteiger partial charge < -0.3 is 9.84 Å². The van der Waals surface area contributed by atoms with E-state index in [1.165, 1.54) is 0 Å². The maximum absolute atomic E-state index is 9.65. The maximum Gasteiger partial charge on any atom is 0.505 e. The third-order valence-corrected chi connectivity index (χ3v) is 0.723. The molecule has 0 aromatic heterocycles. The molecule has 0 fully saturated rings. The van der Waals surface area contributed by atoms with E-state index in [2.05, 4.69) is 4.74 Å². The molecule has 1 radical (unpaired) electrons. The fourth-order valence-electron chi connectivity index (χ4n) is 0.304. The van der Waals surface area contributed by atoms with Gasteiger partial charge in [0.25, 0.3) is 0 Å². The first kappa shape index (κ1) is 11.6. The van der Waals surface area contributed by atoms with E-state index >= 15 is 0 Å². The van der Waals surface area contributed by atoms with Crippen molar-refractivity contribution in [1.82, 2.24) is 0 Å². The molecule has 0 atom stereocenters. The smallest absolute Gasteiger partial charge is 0.450 e. The van der Waals surface area contributed by atoms with Crippen LogP contribution in [0.25, 0.3) is 0 Å². The predicted molar refractivity (Wildman–Crippen MR) is 28.9 cm³/mol. The van der Waals surface area contributed by atoms with Gasteiger partial charge in [-0.05, 0) is 6.42 Å². The molecule has 0 saturated carbocycles. The zero-order chi connectivity index (χ0) is 6.41. The standard InChI is InChI=1S/C5H10O3.Cu/c1-2-3-4-8-5(6)7;/h2-4H2,1H3,(H,6,7);. The summed E-state index contributed by atoms with van der Waals surface area (Å²) in [5.74, 6) is 0. The largest absolute Gasteiger partial charge is 0.505 e. The molecule has 0 aromatic carbocycles. The van der Waals surface area contributed by atoms with Crippen molar-refractivity contribution in [2.75, 3.05) is 6.61 Å². The van der Waals surface area contributed by atoms with Crippen molar-refractivity contribution < 1.29 is 31.7 Å². The Morgan fingerprint density at radius 2 is 2.22 bits per heavy atom. The first-order chi connectivity index (χ1) is 3.77. The van der Waals surface area contributed by atoms with Crippen molar-refractivity contribution in [3.05, 3.63) is 0 Å². The van der Waals surface area contributed by atoms with E-state index in [0.29, 0.717) is 6.61 Å². The molecule has 4 heteroatoms. The second kappa shape index (κ2) is 7.79. The van der Waals surface area contributed by atoms with E-state index in [1.807, 2.05) is 6.92 Å². The van der Waals surface area contributed by atoms with Gasteiger partial charge in [-0.2, -0.15) is 0 Å². The molecule has 0 spiro atoms. The first-order valence-corrected chi connectivity index (χ1v) is 2.63. The molecule has 0 rings (SSSR count). The number of rotatable bonds is 3. The van der Waals surface area contributed by atoms with Gasteiger partial charge in [0.1, 0.15) is 0 Å².